The van der Waals surface area contributed by atoms with Crippen LogP contribution >= 0.6 is 0 Å². The van der Waals surface area contributed by atoms with Gasteiger partial charge in [-0.25, -0.2) is 9.67 Å². The molecule has 8 heteroatoms. The Morgan fingerprint density at radius 2 is 1.86 bits per heavy atom. The number of non-ortho nitro benzene ring substituents is 1. The van der Waals surface area contributed by atoms with E-state index in [4.69, 9.17) is 0 Å². The summed E-state index contributed by atoms with van der Waals surface area (Å²) in [6.45, 7) is 4.20. The van der Waals surface area contributed by atoms with Gasteiger partial charge in [-0.15, -0.1) is 0 Å². The topological polar surface area (TPSA) is 95.8 Å². The summed E-state index contributed by atoms with van der Waals surface area (Å²) in [5.74, 6) is 0. The zero-order valence-corrected chi connectivity index (χ0v) is 15.4. The molecule has 0 amide bonds. The molecule has 0 atom stereocenters. The van der Waals surface area contributed by atoms with Gasteiger partial charge in [-0.05, 0) is 42.7 Å². The van der Waals surface area contributed by atoms with Crippen molar-refractivity contribution in [3.63, 3.8) is 0 Å². The van der Waals surface area contributed by atoms with Gasteiger partial charge < -0.3 is 0 Å². The van der Waals surface area contributed by atoms with E-state index < -0.39 is 4.92 Å². The number of nitro benzene ring substituents is 1. The molecule has 8 nitrogen and oxygen atoms in total. The summed E-state index contributed by atoms with van der Waals surface area (Å²) in [5.41, 5.74) is 3.91. The van der Waals surface area contributed by atoms with Crippen LogP contribution in [0.2, 0.25) is 0 Å². The van der Waals surface area contributed by atoms with Crippen LogP contribution in [0.5, 0.6) is 0 Å². The van der Waals surface area contributed by atoms with Gasteiger partial charge in [0.2, 0.25) is 0 Å². The van der Waals surface area contributed by atoms with Crippen molar-refractivity contribution >= 4 is 16.7 Å². The molecule has 0 saturated heterocycles. The molecule has 2 aromatic carbocycles. The monoisotopic (exact) mass is 375 g/mol. The first-order valence-electron chi connectivity index (χ1n) is 8.67. The van der Waals surface area contributed by atoms with Crippen LogP contribution in [0.4, 0.5) is 5.69 Å². The molecule has 140 valence electrons. The van der Waals surface area contributed by atoms with Crippen LogP contribution in [-0.2, 0) is 6.54 Å². The highest BCUT2D eigenvalue weighted by Gasteiger charge is 2.13. The number of hydrogen-bond donors (Lipinski definition) is 0. The summed E-state index contributed by atoms with van der Waals surface area (Å²) in [5, 5.41) is 15.7. The van der Waals surface area contributed by atoms with E-state index in [1.54, 1.807) is 16.8 Å². The SMILES string of the molecule is Cc1cc(C)cc(-n2ncc3c(=O)n(Cc4cccc([N+](=O)[O-])c4)cnc32)c1. The van der Waals surface area contributed by atoms with Gasteiger partial charge in [0.25, 0.3) is 11.2 Å². The fourth-order valence-corrected chi connectivity index (χ4v) is 3.29. The van der Waals surface area contributed by atoms with E-state index in [9.17, 15) is 14.9 Å². The first-order chi connectivity index (χ1) is 13.4. The molecule has 4 aromatic rings. The Bertz CT molecular complexity index is 1250. The van der Waals surface area contributed by atoms with Crippen molar-refractivity contribution < 1.29 is 4.92 Å². The number of aryl methyl sites for hydroxylation is 2. The molecule has 0 bridgehead atoms. The maximum absolute atomic E-state index is 12.9. The van der Waals surface area contributed by atoms with E-state index in [1.807, 2.05) is 26.0 Å². The van der Waals surface area contributed by atoms with Gasteiger partial charge in [0.15, 0.2) is 5.65 Å². The summed E-state index contributed by atoms with van der Waals surface area (Å²) in [7, 11) is 0. The third-order valence-corrected chi connectivity index (χ3v) is 4.48. The highest BCUT2D eigenvalue weighted by Crippen LogP contribution is 2.18. The molecule has 0 unspecified atom stereocenters. The standard InChI is InChI=1S/C20H17N5O3/c1-13-6-14(2)8-17(7-13)24-19-18(10-22-24)20(26)23(12-21-19)11-15-4-3-5-16(9-15)25(27)28/h3-10,12H,11H2,1-2H3. The number of fused-ring (bicyclic) bond motifs is 1. The van der Waals surface area contributed by atoms with Crippen molar-refractivity contribution in [3.8, 4) is 5.69 Å². The Labute approximate surface area is 159 Å². The smallest absolute Gasteiger partial charge is 0.269 e. The van der Waals surface area contributed by atoms with E-state index in [1.165, 1.54) is 29.2 Å². The molecular formula is C20H17N5O3. The lowest BCUT2D eigenvalue weighted by molar-refractivity contribution is -0.384. The second-order valence-electron chi connectivity index (χ2n) is 6.74. The zero-order chi connectivity index (χ0) is 19.8. The Kier molecular flexibility index (Phi) is 4.23. The third kappa shape index (κ3) is 3.16. The molecular weight excluding hydrogens is 358 g/mol. The number of benzene rings is 2. The summed E-state index contributed by atoms with van der Waals surface area (Å²) < 4.78 is 3.07. The van der Waals surface area contributed by atoms with E-state index in [0.29, 0.717) is 16.6 Å². The van der Waals surface area contributed by atoms with Crippen molar-refractivity contribution in [2.75, 3.05) is 0 Å². The van der Waals surface area contributed by atoms with Gasteiger partial charge in [0, 0.05) is 12.1 Å². The van der Waals surface area contributed by atoms with Gasteiger partial charge in [0.05, 0.1) is 23.4 Å². The molecule has 0 aliphatic carbocycles. The minimum atomic E-state index is -0.457. The molecule has 2 aromatic heterocycles. The minimum absolute atomic E-state index is 0.0118. The Morgan fingerprint density at radius 1 is 1.11 bits per heavy atom. The predicted octanol–water partition coefficient (Wildman–Crippen LogP) is 3.16. The molecule has 0 spiro atoms. The largest absolute Gasteiger partial charge is 0.294 e. The van der Waals surface area contributed by atoms with Crippen LogP contribution in [0.15, 0.2) is 59.8 Å². The minimum Gasteiger partial charge on any atom is -0.294 e. The van der Waals surface area contributed by atoms with Crippen molar-refractivity contribution in [2.24, 2.45) is 0 Å². The molecule has 0 radical (unpaired) electrons. The molecule has 0 aliphatic rings. The lowest BCUT2D eigenvalue weighted by Gasteiger charge is -2.08. The van der Waals surface area contributed by atoms with E-state index in [0.717, 1.165) is 16.8 Å². The van der Waals surface area contributed by atoms with Crippen LogP contribution < -0.4 is 5.56 Å². The summed E-state index contributed by atoms with van der Waals surface area (Å²) in [6, 6.07) is 12.2. The number of nitro groups is 1. The molecule has 28 heavy (non-hydrogen) atoms. The van der Waals surface area contributed by atoms with Crippen molar-refractivity contribution in [3.05, 3.63) is 92.1 Å². The quantitative estimate of drug-likeness (QED) is 0.403. The van der Waals surface area contributed by atoms with Gasteiger partial charge in [-0.1, -0.05) is 18.2 Å². The molecule has 0 N–H and O–H groups in total. The molecule has 2 heterocycles. The van der Waals surface area contributed by atoms with Crippen molar-refractivity contribution in [1.29, 1.82) is 0 Å². The van der Waals surface area contributed by atoms with Crippen molar-refractivity contribution in [2.45, 2.75) is 20.4 Å². The lowest BCUT2D eigenvalue weighted by Crippen LogP contribution is -2.21. The van der Waals surface area contributed by atoms with Crippen LogP contribution in [-0.4, -0.2) is 24.3 Å². The Hall–Kier alpha value is -3.81. The first kappa shape index (κ1) is 17.6. The fraction of sp³-hybridized carbons (Fsp3) is 0.150. The Morgan fingerprint density at radius 3 is 2.57 bits per heavy atom. The van der Waals surface area contributed by atoms with E-state index >= 15 is 0 Å². The van der Waals surface area contributed by atoms with Crippen LogP contribution in [0.25, 0.3) is 16.7 Å². The summed E-state index contributed by atoms with van der Waals surface area (Å²) in [6.07, 6.45) is 2.95. The highest BCUT2D eigenvalue weighted by atomic mass is 16.6. The molecule has 0 fully saturated rings. The van der Waals surface area contributed by atoms with Gasteiger partial charge in [0.1, 0.15) is 11.7 Å². The van der Waals surface area contributed by atoms with Gasteiger partial charge in [-0.3, -0.25) is 19.5 Å². The average Bonchev–Trinajstić information content (AvgIpc) is 3.08. The van der Waals surface area contributed by atoms with Crippen molar-refractivity contribution in [1.82, 2.24) is 19.3 Å². The molecule has 4 rings (SSSR count). The maximum Gasteiger partial charge on any atom is 0.269 e. The number of hydrogen-bond acceptors (Lipinski definition) is 5. The van der Waals surface area contributed by atoms with E-state index in [2.05, 4.69) is 16.1 Å². The third-order valence-electron chi connectivity index (χ3n) is 4.48. The molecule has 0 saturated carbocycles. The van der Waals surface area contributed by atoms with Crippen LogP contribution in [0.1, 0.15) is 16.7 Å². The highest BCUT2D eigenvalue weighted by molar-refractivity contribution is 5.75. The average molecular weight is 375 g/mol. The second kappa shape index (κ2) is 6.73. The van der Waals surface area contributed by atoms with E-state index in [-0.39, 0.29) is 17.8 Å². The van der Waals surface area contributed by atoms with Gasteiger partial charge >= 0.3 is 0 Å². The Balaban J connectivity index is 1.76. The number of aromatic nitrogens is 4. The fourth-order valence-electron chi connectivity index (χ4n) is 3.29. The summed E-state index contributed by atoms with van der Waals surface area (Å²) in [4.78, 5) is 27.8. The molecule has 0 aliphatic heterocycles. The van der Waals surface area contributed by atoms with Crippen LogP contribution in [0.3, 0.4) is 0 Å². The maximum atomic E-state index is 12.9. The number of rotatable bonds is 4. The predicted molar refractivity (Wildman–Crippen MR) is 105 cm³/mol. The summed E-state index contributed by atoms with van der Waals surface area (Å²) >= 11 is 0. The first-order valence-corrected chi connectivity index (χ1v) is 8.67. The lowest BCUT2D eigenvalue weighted by atomic mass is 10.1. The van der Waals surface area contributed by atoms with Gasteiger partial charge in [-0.2, -0.15) is 5.10 Å². The zero-order valence-electron chi connectivity index (χ0n) is 15.4. The normalized spacial score (nSPS) is 11.1. The number of nitrogens with zero attached hydrogens (tertiary/aromatic N) is 5. The second-order valence-corrected chi connectivity index (χ2v) is 6.74. The van der Waals surface area contributed by atoms with Crippen LogP contribution in [0, 0.1) is 24.0 Å².